The SMILES string of the molecule is O=c1c2ccnc(-c3cccnc3)c2nc(-c2ccc(Cl)nc2)n1[C@@H]1CC[C@H](O)C1. The molecule has 4 aromatic heterocycles. The molecule has 30 heavy (non-hydrogen) atoms. The van der Waals surface area contributed by atoms with Crippen molar-refractivity contribution in [2.24, 2.45) is 0 Å². The van der Waals surface area contributed by atoms with Gasteiger partial charge in [0.2, 0.25) is 0 Å². The molecule has 0 radical (unpaired) electrons. The zero-order valence-corrected chi connectivity index (χ0v) is 16.7. The average Bonchev–Trinajstić information content (AvgIpc) is 3.20. The van der Waals surface area contributed by atoms with Crippen LogP contribution in [0.5, 0.6) is 0 Å². The molecule has 1 aliphatic carbocycles. The summed E-state index contributed by atoms with van der Waals surface area (Å²) in [5.41, 5.74) is 2.41. The van der Waals surface area contributed by atoms with Gasteiger partial charge < -0.3 is 5.11 Å². The van der Waals surface area contributed by atoms with Crippen LogP contribution in [0.1, 0.15) is 25.3 Å². The summed E-state index contributed by atoms with van der Waals surface area (Å²) < 4.78 is 1.69. The lowest BCUT2D eigenvalue weighted by Crippen LogP contribution is -2.27. The summed E-state index contributed by atoms with van der Waals surface area (Å²) in [5.74, 6) is 0.494. The van der Waals surface area contributed by atoms with E-state index in [1.54, 1.807) is 47.6 Å². The second-order valence-electron chi connectivity index (χ2n) is 7.40. The molecule has 1 aliphatic rings. The largest absolute Gasteiger partial charge is 0.393 e. The van der Waals surface area contributed by atoms with Crippen molar-refractivity contribution in [3.63, 3.8) is 0 Å². The highest BCUT2D eigenvalue weighted by molar-refractivity contribution is 6.29. The van der Waals surface area contributed by atoms with Gasteiger partial charge in [-0.3, -0.25) is 19.3 Å². The molecule has 4 heterocycles. The average molecular weight is 420 g/mol. The Bertz CT molecular complexity index is 1270. The molecule has 150 valence electrons. The Labute approximate surface area is 177 Å². The van der Waals surface area contributed by atoms with Crippen LogP contribution in [0.2, 0.25) is 5.15 Å². The van der Waals surface area contributed by atoms with E-state index in [2.05, 4.69) is 15.0 Å². The second kappa shape index (κ2) is 7.59. The molecule has 0 aromatic carbocycles. The molecule has 0 amide bonds. The Morgan fingerprint density at radius 2 is 1.93 bits per heavy atom. The lowest BCUT2D eigenvalue weighted by atomic mass is 10.1. The number of nitrogens with zero attached hydrogens (tertiary/aromatic N) is 5. The molecule has 1 saturated carbocycles. The van der Waals surface area contributed by atoms with E-state index in [9.17, 15) is 9.90 Å². The van der Waals surface area contributed by atoms with Crippen LogP contribution in [0.3, 0.4) is 0 Å². The van der Waals surface area contributed by atoms with E-state index in [1.165, 1.54) is 0 Å². The number of hydrogen-bond acceptors (Lipinski definition) is 6. The minimum absolute atomic E-state index is 0.134. The van der Waals surface area contributed by atoms with Crippen molar-refractivity contribution in [3.8, 4) is 22.6 Å². The predicted octanol–water partition coefficient (Wildman–Crippen LogP) is 3.65. The van der Waals surface area contributed by atoms with Gasteiger partial charge in [0.15, 0.2) is 0 Å². The van der Waals surface area contributed by atoms with Gasteiger partial charge in [0.05, 0.1) is 17.2 Å². The first-order chi connectivity index (χ1) is 14.6. The van der Waals surface area contributed by atoms with E-state index < -0.39 is 6.10 Å². The van der Waals surface area contributed by atoms with Crippen LogP contribution in [0.4, 0.5) is 0 Å². The molecule has 1 N–H and O–H groups in total. The van der Waals surface area contributed by atoms with Gasteiger partial charge >= 0.3 is 0 Å². The summed E-state index contributed by atoms with van der Waals surface area (Å²) in [6, 6.07) is 8.73. The third-order valence-corrected chi connectivity index (χ3v) is 5.71. The third-order valence-electron chi connectivity index (χ3n) is 5.48. The topological polar surface area (TPSA) is 93.8 Å². The van der Waals surface area contributed by atoms with Crippen molar-refractivity contribution >= 4 is 22.5 Å². The van der Waals surface area contributed by atoms with Crippen molar-refractivity contribution < 1.29 is 5.11 Å². The summed E-state index contributed by atoms with van der Waals surface area (Å²) in [7, 11) is 0. The van der Waals surface area contributed by atoms with Gasteiger partial charge in [-0.1, -0.05) is 11.6 Å². The zero-order valence-electron chi connectivity index (χ0n) is 15.9. The molecular formula is C22H18ClN5O2. The lowest BCUT2D eigenvalue weighted by Gasteiger charge is -2.20. The normalized spacial score (nSPS) is 18.7. The highest BCUT2D eigenvalue weighted by Gasteiger charge is 2.29. The van der Waals surface area contributed by atoms with Crippen LogP contribution in [0.15, 0.2) is 59.9 Å². The molecule has 0 unspecified atom stereocenters. The number of hydrogen-bond donors (Lipinski definition) is 1. The van der Waals surface area contributed by atoms with E-state index in [0.717, 1.165) is 5.56 Å². The predicted molar refractivity (Wildman–Crippen MR) is 114 cm³/mol. The number of rotatable bonds is 3. The minimum atomic E-state index is -0.419. The summed E-state index contributed by atoms with van der Waals surface area (Å²) >= 11 is 5.97. The molecular weight excluding hydrogens is 402 g/mol. The molecule has 0 aliphatic heterocycles. The molecule has 8 heteroatoms. The van der Waals surface area contributed by atoms with Crippen LogP contribution >= 0.6 is 11.6 Å². The van der Waals surface area contributed by atoms with Crippen LogP contribution in [0.25, 0.3) is 33.5 Å². The lowest BCUT2D eigenvalue weighted by molar-refractivity contribution is 0.178. The van der Waals surface area contributed by atoms with Gasteiger partial charge in [0.25, 0.3) is 5.56 Å². The summed E-state index contributed by atoms with van der Waals surface area (Å²) in [5, 5.41) is 10.9. The van der Waals surface area contributed by atoms with Crippen molar-refractivity contribution in [1.29, 1.82) is 0 Å². The Hall–Kier alpha value is -3.16. The van der Waals surface area contributed by atoms with Crippen LogP contribution in [0, 0.1) is 0 Å². The quantitative estimate of drug-likeness (QED) is 0.509. The molecule has 1 fully saturated rings. The van der Waals surface area contributed by atoms with E-state index >= 15 is 0 Å². The van der Waals surface area contributed by atoms with E-state index in [4.69, 9.17) is 16.6 Å². The fourth-order valence-corrected chi connectivity index (χ4v) is 4.17. The molecule has 4 aromatic rings. The van der Waals surface area contributed by atoms with E-state index in [0.29, 0.717) is 52.4 Å². The summed E-state index contributed by atoms with van der Waals surface area (Å²) in [4.78, 5) is 31.3. The van der Waals surface area contributed by atoms with Crippen molar-refractivity contribution in [2.45, 2.75) is 31.4 Å². The molecule has 0 saturated heterocycles. The van der Waals surface area contributed by atoms with E-state index in [1.807, 2.05) is 12.1 Å². The van der Waals surface area contributed by atoms with Crippen molar-refractivity contribution in [3.05, 3.63) is 70.6 Å². The van der Waals surface area contributed by atoms with Crippen molar-refractivity contribution in [1.82, 2.24) is 24.5 Å². The Morgan fingerprint density at radius 1 is 1.03 bits per heavy atom. The third kappa shape index (κ3) is 3.26. The molecule has 7 nitrogen and oxygen atoms in total. The molecule has 0 bridgehead atoms. The summed E-state index contributed by atoms with van der Waals surface area (Å²) in [6.07, 6.45) is 8.08. The fourth-order valence-electron chi connectivity index (χ4n) is 4.06. The van der Waals surface area contributed by atoms with Crippen LogP contribution in [-0.4, -0.2) is 35.7 Å². The number of aliphatic hydroxyl groups excluding tert-OH is 1. The monoisotopic (exact) mass is 419 g/mol. The minimum Gasteiger partial charge on any atom is -0.393 e. The molecule has 5 rings (SSSR count). The number of pyridine rings is 3. The van der Waals surface area contributed by atoms with Crippen molar-refractivity contribution in [2.75, 3.05) is 0 Å². The number of aromatic nitrogens is 5. The fraction of sp³-hybridized carbons (Fsp3) is 0.227. The van der Waals surface area contributed by atoms with Crippen LogP contribution < -0.4 is 5.56 Å². The van der Waals surface area contributed by atoms with Gasteiger partial charge in [-0.05, 0) is 49.6 Å². The Kier molecular flexibility index (Phi) is 4.77. The highest BCUT2D eigenvalue weighted by Crippen LogP contribution is 2.34. The van der Waals surface area contributed by atoms with Gasteiger partial charge in [-0.2, -0.15) is 0 Å². The van der Waals surface area contributed by atoms with Crippen LogP contribution in [-0.2, 0) is 0 Å². The number of fused-ring (bicyclic) bond motifs is 1. The maximum absolute atomic E-state index is 13.6. The Morgan fingerprint density at radius 3 is 2.63 bits per heavy atom. The van der Waals surface area contributed by atoms with Gasteiger partial charge in [-0.25, -0.2) is 9.97 Å². The van der Waals surface area contributed by atoms with E-state index in [-0.39, 0.29) is 11.6 Å². The first-order valence-corrected chi connectivity index (χ1v) is 10.1. The second-order valence-corrected chi connectivity index (χ2v) is 7.79. The van der Waals surface area contributed by atoms with Gasteiger partial charge in [-0.15, -0.1) is 0 Å². The number of aliphatic hydroxyl groups is 1. The molecule has 2 atom stereocenters. The number of halogens is 1. The van der Waals surface area contributed by atoms with Gasteiger partial charge in [0, 0.05) is 42.0 Å². The van der Waals surface area contributed by atoms with Gasteiger partial charge in [0.1, 0.15) is 16.5 Å². The first-order valence-electron chi connectivity index (χ1n) is 9.73. The summed E-state index contributed by atoms with van der Waals surface area (Å²) in [6.45, 7) is 0. The maximum Gasteiger partial charge on any atom is 0.262 e. The first kappa shape index (κ1) is 18.8. The smallest absolute Gasteiger partial charge is 0.262 e. The highest BCUT2D eigenvalue weighted by atomic mass is 35.5. The standard InChI is InChI=1S/C22H18ClN5O2/c23-18-6-3-14(12-26-18)21-27-20-17(22(30)28(21)15-4-5-16(29)10-15)7-9-25-19(20)13-2-1-8-24-11-13/h1-3,6-9,11-12,15-16,29H,4-5,10H2/t15-,16+/m1/s1. The zero-order chi connectivity index (χ0) is 20.7. The maximum atomic E-state index is 13.6. The Balaban J connectivity index is 1.82. The molecule has 0 spiro atoms.